The Hall–Kier alpha value is -4.24. The number of anilines is 1. The van der Waals surface area contributed by atoms with E-state index in [0.29, 0.717) is 22.9 Å². The Labute approximate surface area is 237 Å². The Morgan fingerprint density at radius 3 is 2.42 bits per heavy atom. The quantitative estimate of drug-likeness (QED) is 0.111. The van der Waals surface area contributed by atoms with Gasteiger partial charge < -0.3 is 24.9 Å². The minimum atomic E-state index is -0.302. The van der Waals surface area contributed by atoms with E-state index in [1.807, 2.05) is 73.7 Å². The van der Waals surface area contributed by atoms with E-state index < -0.39 is 0 Å². The molecule has 0 amide bonds. The Bertz CT molecular complexity index is 1590. The molecule has 3 aromatic carbocycles. The highest BCUT2D eigenvalue weighted by Gasteiger charge is 2.14. The number of hydrogen-bond donors (Lipinski definition) is 4. The Kier molecular flexibility index (Phi) is 8.71. The van der Waals surface area contributed by atoms with E-state index in [9.17, 15) is 9.90 Å². The normalized spacial score (nSPS) is 11.9. The number of rotatable bonds is 13. The van der Waals surface area contributed by atoms with Crippen LogP contribution in [0.3, 0.4) is 0 Å². The highest BCUT2D eigenvalue weighted by atomic mass is 32.1. The van der Waals surface area contributed by atoms with E-state index in [0.717, 1.165) is 51.7 Å². The molecule has 5 rings (SSSR count). The van der Waals surface area contributed by atoms with Crippen LogP contribution in [0.15, 0.2) is 71.5 Å². The molecule has 0 saturated carbocycles. The van der Waals surface area contributed by atoms with Crippen LogP contribution in [0.1, 0.15) is 61.9 Å². The number of unbranched alkanes of at least 4 members (excludes halogenated alkanes) is 3. The molecule has 0 aliphatic carbocycles. The lowest BCUT2D eigenvalue weighted by Gasteiger charge is -2.12. The van der Waals surface area contributed by atoms with Crippen molar-refractivity contribution in [2.45, 2.75) is 52.1 Å². The lowest BCUT2D eigenvalue weighted by molar-refractivity contribution is 0.218. The largest absolute Gasteiger partial charge is 0.494 e. The van der Waals surface area contributed by atoms with Crippen LogP contribution >= 0.6 is 11.3 Å². The second kappa shape index (κ2) is 12.7. The van der Waals surface area contributed by atoms with Crippen molar-refractivity contribution in [3.05, 3.63) is 92.7 Å². The summed E-state index contributed by atoms with van der Waals surface area (Å²) in [7, 11) is 0. The van der Waals surface area contributed by atoms with E-state index in [1.165, 1.54) is 25.7 Å². The summed E-state index contributed by atoms with van der Waals surface area (Å²) in [6, 6.07) is 21.4. The first-order chi connectivity index (χ1) is 19.5. The van der Waals surface area contributed by atoms with Crippen LogP contribution in [-0.4, -0.2) is 26.6 Å². The molecule has 0 bridgehead atoms. The first-order valence-corrected chi connectivity index (χ1v) is 14.5. The third kappa shape index (κ3) is 7.04. The molecule has 9 heteroatoms. The number of fused-ring (bicyclic) bond motifs is 1. The molecule has 1 unspecified atom stereocenters. The molecule has 0 radical (unpaired) electrons. The van der Waals surface area contributed by atoms with Crippen LogP contribution in [-0.2, 0) is 6.42 Å². The average Bonchev–Trinajstić information content (AvgIpc) is 3.52. The Morgan fingerprint density at radius 1 is 0.950 bits per heavy atom. The fraction of sp³-hybridized carbons (Fsp3) is 0.290. The van der Waals surface area contributed by atoms with Gasteiger partial charge in [0.25, 0.3) is 0 Å². The summed E-state index contributed by atoms with van der Waals surface area (Å²) in [5.41, 5.74) is 3.77. The first-order valence-electron chi connectivity index (χ1n) is 13.6. The van der Waals surface area contributed by atoms with E-state index >= 15 is 0 Å². The Morgan fingerprint density at radius 2 is 1.70 bits per heavy atom. The number of thiazole rings is 1. The van der Waals surface area contributed by atoms with Gasteiger partial charge in [-0.15, -0.1) is 0 Å². The van der Waals surface area contributed by atoms with Gasteiger partial charge in [-0.3, -0.25) is 9.78 Å². The second-order valence-corrected chi connectivity index (χ2v) is 10.8. The van der Waals surface area contributed by atoms with Gasteiger partial charge in [-0.05, 0) is 67.4 Å². The van der Waals surface area contributed by atoms with Gasteiger partial charge >= 0.3 is 4.87 Å². The van der Waals surface area contributed by atoms with E-state index in [4.69, 9.17) is 14.5 Å². The number of aromatic amines is 2. The van der Waals surface area contributed by atoms with Crippen LogP contribution in [0.5, 0.6) is 23.1 Å². The molecule has 4 N–H and O–H groups in total. The number of aromatic hydroxyl groups is 1. The maximum Gasteiger partial charge on any atom is 0.307 e. The summed E-state index contributed by atoms with van der Waals surface area (Å²) < 4.78 is 12.2. The van der Waals surface area contributed by atoms with Crippen LogP contribution < -0.4 is 19.7 Å². The molecule has 1 atom stereocenters. The van der Waals surface area contributed by atoms with Crippen LogP contribution in [0.25, 0.3) is 11.0 Å². The Balaban J connectivity index is 1.17. The molecular formula is C31H34N4O4S. The van der Waals surface area contributed by atoms with Gasteiger partial charge in [-0.2, -0.15) is 0 Å². The highest BCUT2D eigenvalue weighted by Crippen LogP contribution is 2.28. The minimum absolute atomic E-state index is 0.0684. The number of aromatic nitrogens is 3. The van der Waals surface area contributed by atoms with Gasteiger partial charge in [-0.1, -0.05) is 49.7 Å². The molecule has 0 spiro atoms. The van der Waals surface area contributed by atoms with Gasteiger partial charge in [0.1, 0.15) is 23.1 Å². The fourth-order valence-electron chi connectivity index (χ4n) is 4.43. The zero-order valence-electron chi connectivity index (χ0n) is 22.7. The van der Waals surface area contributed by atoms with Crippen LogP contribution in [0, 0.1) is 0 Å². The molecule has 40 heavy (non-hydrogen) atoms. The van der Waals surface area contributed by atoms with Crippen molar-refractivity contribution >= 4 is 28.1 Å². The smallest absolute Gasteiger partial charge is 0.307 e. The third-order valence-corrected chi connectivity index (χ3v) is 7.48. The number of hydrogen-bond acceptors (Lipinski definition) is 7. The average molecular weight is 559 g/mol. The molecule has 5 aromatic rings. The fourth-order valence-corrected chi connectivity index (χ4v) is 5.19. The summed E-state index contributed by atoms with van der Waals surface area (Å²) >= 11 is 1.01. The van der Waals surface area contributed by atoms with Gasteiger partial charge in [0.15, 0.2) is 6.10 Å². The van der Waals surface area contributed by atoms with Crippen molar-refractivity contribution in [1.29, 1.82) is 0 Å². The number of H-pyrrole nitrogens is 2. The van der Waals surface area contributed by atoms with Crippen molar-refractivity contribution in [3.8, 4) is 23.1 Å². The summed E-state index contributed by atoms with van der Waals surface area (Å²) in [6.45, 7) is 5.15. The van der Waals surface area contributed by atoms with E-state index in [-0.39, 0.29) is 16.9 Å². The highest BCUT2D eigenvalue weighted by molar-refractivity contribution is 7.09. The second-order valence-electron chi connectivity index (χ2n) is 9.78. The molecule has 0 fully saturated rings. The third-order valence-electron chi connectivity index (χ3n) is 6.61. The van der Waals surface area contributed by atoms with Crippen molar-refractivity contribution in [3.63, 3.8) is 0 Å². The molecule has 8 nitrogen and oxygen atoms in total. The zero-order chi connectivity index (χ0) is 27.9. The summed E-state index contributed by atoms with van der Waals surface area (Å²) in [5.74, 6) is 2.85. The SMILES string of the molecule is CCCCCCNc1ccc(Oc2ccc3nc(C(C)Oc4ccc(Cc5sc(=O)[nH]c5O)cc4)[nH]c3c2)cc1. The van der Waals surface area contributed by atoms with Crippen molar-refractivity contribution in [2.24, 2.45) is 0 Å². The number of benzene rings is 3. The molecule has 208 valence electrons. The predicted molar refractivity (Wildman–Crippen MR) is 160 cm³/mol. The van der Waals surface area contributed by atoms with Gasteiger partial charge in [0.2, 0.25) is 5.88 Å². The molecule has 0 aliphatic rings. The van der Waals surface area contributed by atoms with E-state index in [1.54, 1.807) is 0 Å². The van der Waals surface area contributed by atoms with Crippen molar-refractivity contribution < 1.29 is 14.6 Å². The molecule has 0 saturated heterocycles. The van der Waals surface area contributed by atoms with Gasteiger partial charge in [-0.25, -0.2) is 4.98 Å². The molecule has 2 heterocycles. The van der Waals surface area contributed by atoms with Gasteiger partial charge in [0, 0.05) is 24.7 Å². The number of nitrogens with zero attached hydrogens (tertiary/aromatic N) is 1. The van der Waals surface area contributed by atoms with E-state index in [2.05, 4.69) is 22.2 Å². The minimum Gasteiger partial charge on any atom is -0.494 e. The van der Waals surface area contributed by atoms with Crippen molar-refractivity contribution in [2.75, 3.05) is 11.9 Å². The maximum atomic E-state index is 11.4. The topological polar surface area (TPSA) is 112 Å². The lowest BCUT2D eigenvalue weighted by atomic mass is 10.1. The lowest BCUT2D eigenvalue weighted by Crippen LogP contribution is -2.05. The summed E-state index contributed by atoms with van der Waals surface area (Å²) in [4.78, 5) is 22.2. The number of nitrogens with one attached hydrogen (secondary N) is 3. The molecule has 2 aromatic heterocycles. The number of ether oxygens (including phenoxy) is 2. The summed E-state index contributed by atoms with van der Waals surface area (Å²) in [5, 5.41) is 13.3. The van der Waals surface area contributed by atoms with Crippen LogP contribution in [0.2, 0.25) is 0 Å². The van der Waals surface area contributed by atoms with Crippen molar-refractivity contribution in [1.82, 2.24) is 15.0 Å². The molecular weight excluding hydrogens is 524 g/mol. The zero-order valence-corrected chi connectivity index (χ0v) is 23.5. The standard InChI is InChI=1S/C31H34N4O4S/c1-3-4-5-6-17-32-22-9-13-24(14-10-22)39-25-15-16-26-27(19-25)34-29(33-26)20(2)38-23-11-7-21(8-12-23)18-28-30(36)35-31(37)40-28/h7-16,19-20,32,36H,3-6,17-18H2,1-2H3,(H,33,34)(H,35,37). The summed E-state index contributed by atoms with van der Waals surface area (Å²) in [6.07, 6.45) is 5.14. The first kappa shape index (κ1) is 27.3. The maximum absolute atomic E-state index is 11.4. The van der Waals surface area contributed by atoms with Gasteiger partial charge in [0.05, 0.1) is 15.9 Å². The molecule has 0 aliphatic heterocycles. The predicted octanol–water partition coefficient (Wildman–Crippen LogP) is 7.53. The van der Waals surface area contributed by atoms with Crippen LogP contribution in [0.4, 0.5) is 5.69 Å². The number of imidazole rings is 1. The monoisotopic (exact) mass is 558 g/mol.